The van der Waals surface area contributed by atoms with Gasteiger partial charge in [0.1, 0.15) is 11.9 Å². The van der Waals surface area contributed by atoms with Crippen molar-refractivity contribution in [1.82, 2.24) is 20.0 Å². The molecule has 2 heterocycles. The smallest absolute Gasteiger partial charge is 0.194 e. The minimum absolute atomic E-state index is 0. The van der Waals surface area contributed by atoms with Crippen molar-refractivity contribution in [1.29, 1.82) is 0 Å². The van der Waals surface area contributed by atoms with Crippen molar-refractivity contribution in [2.75, 3.05) is 20.1 Å². The van der Waals surface area contributed by atoms with Gasteiger partial charge in [-0.25, -0.2) is 4.39 Å². The lowest BCUT2D eigenvalue weighted by Crippen LogP contribution is -2.50. The molecule has 0 spiro atoms. The van der Waals surface area contributed by atoms with Crippen LogP contribution in [0.5, 0.6) is 0 Å². The number of nitrogens with zero attached hydrogens (tertiary/aromatic N) is 4. The third kappa shape index (κ3) is 5.51. The van der Waals surface area contributed by atoms with Gasteiger partial charge < -0.3 is 15.0 Å². The van der Waals surface area contributed by atoms with Crippen molar-refractivity contribution in [3.63, 3.8) is 0 Å². The van der Waals surface area contributed by atoms with Gasteiger partial charge in [0.15, 0.2) is 5.96 Å². The van der Waals surface area contributed by atoms with E-state index in [1.807, 2.05) is 0 Å². The van der Waals surface area contributed by atoms with E-state index in [4.69, 9.17) is 9.84 Å². The number of nitrogens with one attached hydrogen (secondary N) is 1. The van der Waals surface area contributed by atoms with E-state index in [0.717, 1.165) is 23.8 Å². The summed E-state index contributed by atoms with van der Waals surface area (Å²) in [6.07, 6.45) is 7.10. The standard InChI is InChI=1S/C22H30FN5O.HI/c1-16-14-27(15-21(29-16)17-7-9-18(23)10-8-17)22(24-2)25-13-19-11-12-28(26-19)20-5-3-4-6-20;/h7-12,16,20-21H,3-6,13-15H2,1-2H3,(H,24,25);1H. The van der Waals surface area contributed by atoms with Gasteiger partial charge in [-0.2, -0.15) is 5.10 Å². The number of halogens is 2. The Morgan fingerprint density at radius 2 is 1.93 bits per heavy atom. The average molecular weight is 527 g/mol. The number of aromatic nitrogens is 2. The molecule has 0 bridgehead atoms. The lowest BCUT2D eigenvalue weighted by atomic mass is 10.1. The van der Waals surface area contributed by atoms with E-state index in [9.17, 15) is 4.39 Å². The molecule has 8 heteroatoms. The van der Waals surface area contributed by atoms with Gasteiger partial charge in [-0.05, 0) is 43.5 Å². The van der Waals surface area contributed by atoms with Crippen molar-refractivity contribution in [2.45, 2.75) is 57.4 Å². The maximum atomic E-state index is 13.3. The lowest BCUT2D eigenvalue weighted by Gasteiger charge is -2.38. The van der Waals surface area contributed by atoms with Crippen molar-refractivity contribution < 1.29 is 9.13 Å². The summed E-state index contributed by atoms with van der Waals surface area (Å²) in [6.45, 7) is 4.12. The zero-order valence-electron chi connectivity index (χ0n) is 17.6. The lowest BCUT2D eigenvalue weighted by molar-refractivity contribution is -0.0605. The molecule has 1 aromatic carbocycles. The van der Waals surface area contributed by atoms with Gasteiger partial charge in [-0.15, -0.1) is 24.0 Å². The normalized spacial score (nSPS) is 22.8. The van der Waals surface area contributed by atoms with Crippen LogP contribution in [0.25, 0.3) is 0 Å². The molecule has 1 aliphatic carbocycles. The van der Waals surface area contributed by atoms with Crippen LogP contribution in [0.3, 0.4) is 0 Å². The van der Waals surface area contributed by atoms with Crippen LogP contribution >= 0.6 is 24.0 Å². The Balaban J connectivity index is 0.00000256. The summed E-state index contributed by atoms with van der Waals surface area (Å²) in [5.74, 6) is 0.603. The molecule has 2 unspecified atom stereocenters. The van der Waals surface area contributed by atoms with Crippen LogP contribution in [0.4, 0.5) is 4.39 Å². The Labute approximate surface area is 194 Å². The minimum atomic E-state index is -0.232. The molecule has 1 N–H and O–H groups in total. The van der Waals surface area contributed by atoms with E-state index < -0.39 is 0 Å². The summed E-state index contributed by atoms with van der Waals surface area (Å²) < 4.78 is 21.5. The molecule has 0 amide bonds. The van der Waals surface area contributed by atoms with E-state index in [1.54, 1.807) is 19.2 Å². The fourth-order valence-corrected chi connectivity index (χ4v) is 4.33. The van der Waals surface area contributed by atoms with Crippen LogP contribution in [-0.2, 0) is 11.3 Å². The zero-order valence-corrected chi connectivity index (χ0v) is 20.0. The van der Waals surface area contributed by atoms with Crippen LogP contribution in [0.15, 0.2) is 41.5 Å². The SMILES string of the molecule is CN=C(NCc1ccn(C2CCCC2)n1)N1CC(C)OC(c2ccc(F)cc2)C1.I. The molecule has 0 radical (unpaired) electrons. The van der Waals surface area contributed by atoms with Crippen LogP contribution in [0.1, 0.15) is 56.0 Å². The number of ether oxygens (including phenoxy) is 1. The molecule has 1 aromatic heterocycles. The summed E-state index contributed by atoms with van der Waals surface area (Å²) in [7, 11) is 1.80. The summed E-state index contributed by atoms with van der Waals surface area (Å²) in [5, 5.41) is 8.20. The van der Waals surface area contributed by atoms with E-state index in [-0.39, 0.29) is 42.0 Å². The van der Waals surface area contributed by atoms with E-state index in [1.165, 1.54) is 37.8 Å². The molecule has 4 rings (SSSR count). The number of benzene rings is 1. The van der Waals surface area contributed by atoms with Gasteiger partial charge in [-0.1, -0.05) is 25.0 Å². The van der Waals surface area contributed by atoms with Gasteiger partial charge in [0.25, 0.3) is 0 Å². The van der Waals surface area contributed by atoms with Gasteiger partial charge >= 0.3 is 0 Å². The molecular weight excluding hydrogens is 496 g/mol. The molecule has 6 nitrogen and oxygen atoms in total. The van der Waals surface area contributed by atoms with Crippen LogP contribution in [-0.4, -0.2) is 46.9 Å². The molecule has 1 aliphatic heterocycles. The second-order valence-corrected chi connectivity index (χ2v) is 8.02. The predicted molar refractivity (Wildman–Crippen MR) is 127 cm³/mol. The Hall–Kier alpha value is -1.68. The highest BCUT2D eigenvalue weighted by Crippen LogP contribution is 2.29. The second-order valence-electron chi connectivity index (χ2n) is 8.02. The van der Waals surface area contributed by atoms with Crippen molar-refractivity contribution in [3.05, 3.63) is 53.6 Å². The molecule has 1 saturated heterocycles. The molecular formula is C22H31FIN5O. The molecule has 164 valence electrons. The van der Waals surface area contributed by atoms with E-state index >= 15 is 0 Å². The maximum absolute atomic E-state index is 13.3. The molecule has 30 heavy (non-hydrogen) atoms. The fourth-order valence-electron chi connectivity index (χ4n) is 4.33. The number of hydrogen-bond donors (Lipinski definition) is 1. The van der Waals surface area contributed by atoms with Crippen LogP contribution in [0, 0.1) is 5.82 Å². The van der Waals surface area contributed by atoms with E-state index in [2.05, 4.69) is 39.1 Å². The highest BCUT2D eigenvalue weighted by atomic mass is 127. The summed E-state index contributed by atoms with van der Waals surface area (Å²) >= 11 is 0. The third-order valence-electron chi connectivity index (χ3n) is 5.80. The minimum Gasteiger partial charge on any atom is -0.367 e. The molecule has 2 aliphatic rings. The Morgan fingerprint density at radius 3 is 2.63 bits per heavy atom. The number of morpholine rings is 1. The highest BCUT2D eigenvalue weighted by molar-refractivity contribution is 14.0. The Morgan fingerprint density at radius 1 is 1.20 bits per heavy atom. The third-order valence-corrected chi connectivity index (χ3v) is 5.80. The Kier molecular flexibility index (Phi) is 8.10. The largest absolute Gasteiger partial charge is 0.367 e. The topological polar surface area (TPSA) is 54.7 Å². The first-order chi connectivity index (χ1) is 14.1. The first-order valence-electron chi connectivity index (χ1n) is 10.5. The summed E-state index contributed by atoms with van der Waals surface area (Å²) in [5.41, 5.74) is 2.00. The average Bonchev–Trinajstić information content (AvgIpc) is 3.40. The monoisotopic (exact) mass is 527 g/mol. The van der Waals surface area contributed by atoms with Crippen molar-refractivity contribution in [2.24, 2.45) is 4.99 Å². The van der Waals surface area contributed by atoms with Gasteiger partial charge in [0.05, 0.1) is 30.9 Å². The van der Waals surface area contributed by atoms with Gasteiger partial charge in [0, 0.05) is 19.8 Å². The quantitative estimate of drug-likeness (QED) is 0.366. The number of rotatable bonds is 4. The zero-order chi connectivity index (χ0) is 20.2. The Bertz CT molecular complexity index is 834. The number of hydrogen-bond acceptors (Lipinski definition) is 3. The number of guanidine groups is 1. The van der Waals surface area contributed by atoms with Crippen LogP contribution in [0.2, 0.25) is 0 Å². The molecule has 1 saturated carbocycles. The highest BCUT2D eigenvalue weighted by Gasteiger charge is 2.28. The fraction of sp³-hybridized carbons (Fsp3) is 0.545. The van der Waals surface area contributed by atoms with Gasteiger partial charge in [0.2, 0.25) is 0 Å². The molecule has 2 atom stereocenters. The number of aliphatic imine (C=N–C) groups is 1. The first kappa shape index (κ1) is 23.0. The van der Waals surface area contributed by atoms with Crippen LogP contribution < -0.4 is 5.32 Å². The molecule has 2 fully saturated rings. The molecule has 2 aromatic rings. The maximum Gasteiger partial charge on any atom is 0.194 e. The second kappa shape index (κ2) is 10.6. The summed E-state index contributed by atoms with van der Waals surface area (Å²) in [6, 6.07) is 9.19. The van der Waals surface area contributed by atoms with Gasteiger partial charge in [-0.3, -0.25) is 9.67 Å². The summed E-state index contributed by atoms with van der Waals surface area (Å²) in [4.78, 5) is 6.67. The van der Waals surface area contributed by atoms with Crippen molar-refractivity contribution >= 4 is 29.9 Å². The first-order valence-corrected chi connectivity index (χ1v) is 10.5. The van der Waals surface area contributed by atoms with Crippen molar-refractivity contribution in [3.8, 4) is 0 Å². The van der Waals surface area contributed by atoms with E-state index in [0.29, 0.717) is 19.1 Å². The predicted octanol–water partition coefficient (Wildman–Crippen LogP) is 4.29.